The number of hydrogen-bond acceptors (Lipinski definition) is 1. The number of benzene rings is 2. The molecule has 0 amide bonds. The van der Waals surface area contributed by atoms with Gasteiger partial charge in [0.2, 0.25) is 0 Å². The molecule has 4 fully saturated rings. The van der Waals surface area contributed by atoms with Crippen LogP contribution in [0, 0.1) is 17.8 Å². The third-order valence-electron chi connectivity index (χ3n) is 9.23. The summed E-state index contributed by atoms with van der Waals surface area (Å²) in [7, 11) is -0.797. The molecule has 0 N–H and O–H groups in total. The smallest absolute Gasteiger partial charge is 0.123 e. The van der Waals surface area contributed by atoms with Crippen molar-refractivity contribution >= 4 is 14.9 Å². The van der Waals surface area contributed by atoms with E-state index >= 15 is 0 Å². The molecule has 0 aliphatic heterocycles. The van der Waals surface area contributed by atoms with Gasteiger partial charge in [-0.1, -0.05) is 69.9 Å². The van der Waals surface area contributed by atoms with Gasteiger partial charge in [-0.3, -0.25) is 0 Å². The Kier molecular flexibility index (Phi) is 5.64. The highest BCUT2D eigenvalue weighted by Crippen LogP contribution is 2.62. The van der Waals surface area contributed by atoms with Crippen molar-refractivity contribution in [2.24, 2.45) is 17.8 Å². The maximum atomic E-state index is 6.70. The summed E-state index contributed by atoms with van der Waals surface area (Å²) in [5.41, 5.74) is 5.65. The van der Waals surface area contributed by atoms with E-state index in [1.165, 1.54) is 66.5 Å². The molecular weight excluding hydrogens is 404 g/mol. The largest absolute Gasteiger partial charge is 0.493 e. The molecule has 6 rings (SSSR count). The second kappa shape index (κ2) is 8.20. The Morgan fingerprint density at radius 2 is 1.50 bits per heavy atom. The van der Waals surface area contributed by atoms with Gasteiger partial charge in [-0.05, 0) is 95.6 Å². The Balaban J connectivity index is 1.54. The standard InChI is InChI=1S/C30H40OSi/c1-6-21-7-9-25(10-8-21)26-11-12-28(31-20-29(2,3)32(4)5)27(16-26)30-17-22-13-23(18-30)15-24(14-22)19-30/h6-12,16,22-24,32H,1,13-15,17-20H2,2-5H3. The highest BCUT2D eigenvalue weighted by atomic mass is 28.3. The predicted molar refractivity (Wildman–Crippen MR) is 140 cm³/mol. The fraction of sp³-hybridized carbons (Fsp3) is 0.533. The van der Waals surface area contributed by atoms with E-state index in [0.29, 0.717) is 10.5 Å². The lowest BCUT2D eigenvalue weighted by Crippen LogP contribution is -2.48. The summed E-state index contributed by atoms with van der Waals surface area (Å²) >= 11 is 0. The Labute approximate surface area is 196 Å². The van der Waals surface area contributed by atoms with Gasteiger partial charge in [-0.15, -0.1) is 0 Å². The summed E-state index contributed by atoms with van der Waals surface area (Å²) in [6.07, 6.45) is 10.5. The fourth-order valence-corrected chi connectivity index (χ4v) is 7.35. The quantitative estimate of drug-likeness (QED) is 0.392. The molecule has 2 aromatic rings. The average Bonchev–Trinajstić information content (AvgIpc) is 2.77. The lowest BCUT2D eigenvalue weighted by Gasteiger charge is -2.57. The summed E-state index contributed by atoms with van der Waals surface area (Å²) < 4.78 is 6.70. The Hall–Kier alpha value is -1.80. The first-order valence-corrected chi connectivity index (χ1v) is 15.7. The molecule has 0 unspecified atom stereocenters. The molecule has 0 radical (unpaired) electrons. The minimum atomic E-state index is -0.797. The SMILES string of the molecule is C=Cc1ccc(-c2ccc(OCC(C)(C)[SiH](C)C)c(C34CC5CC(CC(C5)C3)C4)c2)cc1. The van der Waals surface area contributed by atoms with Crippen LogP contribution >= 0.6 is 0 Å². The van der Waals surface area contributed by atoms with E-state index in [2.05, 4.69) is 76.0 Å². The van der Waals surface area contributed by atoms with Crippen LogP contribution < -0.4 is 4.74 Å². The molecule has 0 aromatic heterocycles. The number of ether oxygens (including phenoxy) is 1. The number of hydrogen-bond donors (Lipinski definition) is 0. The van der Waals surface area contributed by atoms with E-state index in [0.717, 1.165) is 24.4 Å². The van der Waals surface area contributed by atoms with Crippen molar-refractivity contribution in [2.75, 3.05) is 6.61 Å². The third kappa shape index (κ3) is 4.00. The fourth-order valence-electron chi connectivity index (χ4n) is 6.93. The van der Waals surface area contributed by atoms with Gasteiger partial charge in [-0.2, -0.15) is 0 Å². The maximum Gasteiger partial charge on any atom is 0.123 e. The minimum Gasteiger partial charge on any atom is -0.493 e. The molecule has 1 nitrogen and oxygen atoms in total. The van der Waals surface area contributed by atoms with Crippen LogP contribution in [0.2, 0.25) is 18.1 Å². The summed E-state index contributed by atoms with van der Waals surface area (Å²) in [6, 6.07) is 15.9. The molecule has 2 aromatic carbocycles. The van der Waals surface area contributed by atoms with Gasteiger partial charge in [0.15, 0.2) is 0 Å². The van der Waals surface area contributed by atoms with Gasteiger partial charge < -0.3 is 4.74 Å². The van der Waals surface area contributed by atoms with Crippen LogP contribution in [0.15, 0.2) is 49.0 Å². The monoisotopic (exact) mass is 444 g/mol. The molecule has 4 aliphatic carbocycles. The van der Waals surface area contributed by atoms with Gasteiger partial charge in [0.25, 0.3) is 0 Å². The first kappa shape index (κ1) is 22.0. The van der Waals surface area contributed by atoms with Crippen LogP contribution in [0.3, 0.4) is 0 Å². The van der Waals surface area contributed by atoms with E-state index in [9.17, 15) is 0 Å². The Morgan fingerprint density at radius 1 is 0.938 bits per heavy atom. The molecule has 32 heavy (non-hydrogen) atoms. The highest BCUT2D eigenvalue weighted by Gasteiger charge is 2.52. The average molecular weight is 445 g/mol. The predicted octanol–water partition coefficient (Wildman–Crippen LogP) is 8.11. The van der Waals surface area contributed by atoms with Crippen LogP contribution in [-0.4, -0.2) is 15.4 Å². The Morgan fingerprint density at radius 3 is 2.03 bits per heavy atom. The Bertz CT molecular complexity index is 949. The molecular formula is C30H40OSi. The minimum absolute atomic E-state index is 0.304. The summed E-state index contributed by atoms with van der Waals surface area (Å²) in [6.45, 7) is 14.4. The molecule has 4 bridgehead atoms. The first-order valence-electron chi connectivity index (χ1n) is 12.8. The maximum absolute atomic E-state index is 6.70. The second-order valence-electron chi connectivity index (χ2n) is 12.2. The summed E-state index contributed by atoms with van der Waals surface area (Å²) in [4.78, 5) is 0. The van der Waals surface area contributed by atoms with Crippen LogP contribution in [0.1, 0.15) is 63.5 Å². The molecule has 2 heteroatoms. The zero-order chi connectivity index (χ0) is 22.5. The zero-order valence-corrected chi connectivity index (χ0v) is 21.6. The third-order valence-corrected chi connectivity index (χ3v) is 12.5. The van der Waals surface area contributed by atoms with Gasteiger partial charge in [0.05, 0.1) is 6.61 Å². The van der Waals surface area contributed by atoms with Crippen molar-refractivity contribution in [1.82, 2.24) is 0 Å². The van der Waals surface area contributed by atoms with Crippen LogP contribution in [0.4, 0.5) is 0 Å². The van der Waals surface area contributed by atoms with E-state index in [1.54, 1.807) is 0 Å². The number of rotatable bonds is 7. The van der Waals surface area contributed by atoms with Crippen molar-refractivity contribution in [3.8, 4) is 16.9 Å². The molecule has 4 aliphatic rings. The van der Waals surface area contributed by atoms with E-state index in [-0.39, 0.29) is 0 Å². The lowest BCUT2D eigenvalue weighted by molar-refractivity contribution is -0.00645. The van der Waals surface area contributed by atoms with Crippen LogP contribution in [0.5, 0.6) is 5.75 Å². The zero-order valence-electron chi connectivity index (χ0n) is 20.5. The van der Waals surface area contributed by atoms with Crippen molar-refractivity contribution in [2.45, 2.75) is 75.9 Å². The summed E-state index contributed by atoms with van der Waals surface area (Å²) in [5, 5.41) is 0.304. The lowest BCUT2D eigenvalue weighted by atomic mass is 9.48. The van der Waals surface area contributed by atoms with Gasteiger partial charge in [-0.25, -0.2) is 0 Å². The first-order chi connectivity index (χ1) is 15.3. The van der Waals surface area contributed by atoms with Crippen molar-refractivity contribution < 1.29 is 4.74 Å². The summed E-state index contributed by atoms with van der Waals surface area (Å²) in [5.74, 6) is 3.97. The molecule has 0 atom stereocenters. The van der Waals surface area contributed by atoms with E-state index in [4.69, 9.17) is 4.74 Å². The van der Waals surface area contributed by atoms with E-state index < -0.39 is 8.80 Å². The molecule has 4 saturated carbocycles. The topological polar surface area (TPSA) is 9.23 Å². The normalized spacial score (nSPS) is 28.8. The molecule has 0 heterocycles. The van der Waals surface area contributed by atoms with Gasteiger partial charge in [0, 0.05) is 14.4 Å². The van der Waals surface area contributed by atoms with Crippen molar-refractivity contribution in [3.63, 3.8) is 0 Å². The van der Waals surface area contributed by atoms with Crippen molar-refractivity contribution in [1.29, 1.82) is 0 Å². The van der Waals surface area contributed by atoms with Crippen LogP contribution in [-0.2, 0) is 5.41 Å². The molecule has 0 saturated heterocycles. The van der Waals surface area contributed by atoms with Crippen LogP contribution in [0.25, 0.3) is 17.2 Å². The van der Waals surface area contributed by atoms with E-state index in [1.807, 2.05) is 6.08 Å². The molecule has 170 valence electrons. The van der Waals surface area contributed by atoms with Gasteiger partial charge in [0.1, 0.15) is 5.75 Å². The second-order valence-corrected chi connectivity index (χ2v) is 16.0. The van der Waals surface area contributed by atoms with Gasteiger partial charge >= 0.3 is 0 Å². The highest BCUT2D eigenvalue weighted by molar-refractivity contribution is 6.59. The molecule has 0 spiro atoms. The van der Waals surface area contributed by atoms with Crippen molar-refractivity contribution in [3.05, 3.63) is 60.2 Å².